The van der Waals surface area contributed by atoms with E-state index >= 15 is 0 Å². The van der Waals surface area contributed by atoms with Gasteiger partial charge in [-0.25, -0.2) is 0 Å². The third-order valence-corrected chi connectivity index (χ3v) is 4.29. The Morgan fingerprint density at radius 3 is 2.12 bits per heavy atom. The fourth-order valence-electron chi connectivity index (χ4n) is 3.10. The maximum Gasteiger partial charge on any atom is 0.193 e. The minimum atomic E-state index is -0.206. The molecule has 6 nitrogen and oxygen atoms in total. The number of methoxy groups -OCH3 is 3. The van der Waals surface area contributed by atoms with Crippen molar-refractivity contribution >= 4 is 21.7 Å². The molecular weight excluding hydrogens is 336 g/mol. The first-order chi connectivity index (χ1) is 12.7. The number of benzene rings is 2. The molecule has 0 unspecified atom stereocenters. The summed E-state index contributed by atoms with van der Waals surface area (Å²) in [5, 5.41) is 1.66. The predicted molar refractivity (Wildman–Crippen MR) is 97.3 cm³/mol. The highest BCUT2D eigenvalue weighted by Crippen LogP contribution is 2.43. The van der Waals surface area contributed by atoms with E-state index in [-0.39, 0.29) is 5.43 Å². The third-order valence-electron chi connectivity index (χ3n) is 4.29. The van der Waals surface area contributed by atoms with E-state index in [2.05, 4.69) is 0 Å². The quantitative estimate of drug-likeness (QED) is 0.512. The van der Waals surface area contributed by atoms with Crippen molar-refractivity contribution in [1.29, 1.82) is 0 Å². The molecule has 0 aliphatic rings. The monoisotopic (exact) mass is 352 g/mol. The van der Waals surface area contributed by atoms with Gasteiger partial charge in [0.25, 0.3) is 0 Å². The highest BCUT2D eigenvalue weighted by atomic mass is 16.5. The van der Waals surface area contributed by atoms with Gasteiger partial charge in [0, 0.05) is 6.07 Å². The van der Waals surface area contributed by atoms with Crippen molar-refractivity contribution in [2.24, 2.45) is 0 Å². The molecule has 0 radical (unpaired) electrons. The molecule has 0 spiro atoms. The smallest absolute Gasteiger partial charge is 0.193 e. The molecule has 0 aliphatic carbocycles. The molecule has 0 saturated heterocycles. The number of rotatable bonds is 4. The van der Waals surface area contributed by atoms with Crippen molar-refractivity contribution in [3.8, 4) is 28.8 Å². The Bertz CT molecular complexity index is 1150. The number of hydrogen-bond donors (Lipinski definition) is 0. The number of hydrogen-bond acceptors (Lipinski definition) is 6. The minimum absolute atomic E-state index is 0.206. The fourth-order valence-corrected chi connectivity index (χ4v) is 3.10. The van der Waals surface area contributed by atoms with E-state index in [1.165, 1.54) is 12.3 Å². The van der Waals surface area contributed by atoms with Gasteiger partial charge >= 0.3 is 0 Å². The van der Waals surface area contributed by atoms with E-state index in [4.69, 9.17) is 23.0 Å². The molecule has 0 amide bonds. The van der Waals surface area contributed by atoms with Crippen molar-refractivity contribution in [2.45, 2.75) is 0 Å². The summed E-state index contributed by atoms with van der Waals surface area (Å²) in [5.74, 6) is 2.44. The number of ether oxygens (including phenoxy) is 3. The van der Waals surface area contributed by atoms with Gasteiger partial charge < -0.3 is 23.0 Å². The molecule has 26 heavy (non-hydrogen) atoms. The van der Waals surface area contributed by atoms with Gasteiger partial charge in [-0.05, 0) is 30.3 Å². The molecule has 0 saturated carbocycles. The molecular formula is C20H16O6. The van der Waals surface area contributed by atoms with Crippen LogP contribution in [0, 0.1) is 0 Å². The predicted octanol–water partition coefficient (Wildman–Crippen LogP) is 4.23. The first-order valence-electron chi connectivity index (χ1n) is 7.91. The molecule has 4 rings (SSSR count). The number of fused-ring (bicyclic) bond motifs is 3. The van der Waals surface area contributed by atoms with Gasteiger partial charge in [-0.2, -0.15) is 0 Å². The summed E-state index contributed by atoms with van der Waals surface area (Å²) in [4.78, 5) is 12.7. The molecule has 6 heteroatoms. The molecule has 0 N–H and O–H groups in total. The second-order valence-corrected chi connectivity index (χ2v) is 5.63. The molecule has 0 atom stereocenters. The van der Waals surface area contributed by atoms with Crippen LogP contribution in [0.3, 0.4) is 0 Å². The number of furan rings is 1. The lowest BCUT2D eigenvalue weighted by atomic mass is 10.0. The molecule has 2 heterocycles. The second-order valence-electron chi connectivity index (χ2n) is 5.63. The van der Waals surface area contributed by atoms with Gasteiger partial charge in [-0.15, -0.1) is 0 Å². The molecule has 4 aromatic rings. The van der Waals surface area contributed by atoms with E-state index in [0.29, 0.717) is 50.5 Å². The zero-order valence-corrected chi connectivity index (χ0v) is 14.5. The van der Waals surface area contributed by atoms with Gasteiger partial charge in [0.1, 0.15) is 17.2 Å². The summed E-state index contributed by atoms with van der Waals surface area (Å²) in [6.07, 6.45) is 1.52. The maximum atomic E-state index is 12.7. The van der Waals surface area contributed by atoms with Crippen LogP contribution in [0.1, 0.15) is 0 Å². The highest BCUT2D eigenvalue weighted by Gasteiger charge is 2.20. The van der Waals surface area contributed by atoms with Gasteiger partial charge in [-0.3, -0.25) is 4.79 Å². The largest absolute Gasteiger partial charge is 0.496 e. The SMILES string of the molecule is COc1ccc(OC)c2c1c(OC)cc1c(=O)cc(-c3ccco3)oc12. The molecule has 132 valence electrons. The van der Waals surface area contributed by atoms with Crippen LogP contribution in [0.15, 0.2) is 56.3 Å². The van der Waals surface area contributed by atoms with Crippen molar-refractivity contribution in [2.75, 3.05) is 21.3 Å². The van der Waals surface area contributed by atoms with Gasteiger partial charge in [0.05, 0.1) is 43.8 Å². The lowest BCUT2D eigenvalue weighted by Crippen LogP contribution is -2.02. The summed E-state index contributed by atoms with van der Waals surface area (Å²) in [6, 6.07) is 10.1. The van der Waals surface area contributed by atoms with E-state index < -0.39 is 0 Å². The molecule has 0 aliphatic heterocycles. The summed E-state index contributed by atoms with van der Waals surface area (Å²) >= 11 is 0. The van der Waals surface area contributed by atoms with Gasteiger partial charge in [0.2, 0.25) is 0 Å². The highest BCUT2D eigenvalue weighted by molar-refractivity contribution is 6.13. The Balaban J connectivity index is 2.23. The van der Waals surface area contributed by atoms with Crippen LogP contribution < -0.4 is 19.6 Å². The third kappa shape index (κ3) is 2.30. The molecule has 2 aromatic heterocycles. The Morgan fingerprint density at radius 1 is 0.808 bits per heavy atom. The molecule has 0 bridgehead atoms. The second kappa shape index (κ2) is 6.15. The average molecular weight is 352 g/mol. The lowest BCUT2D eigenvalue weighted by molar-refractivity contribution is 0.400. The van der Waals surface area contributed by atoms with Crippen LogP contribution in [-0.4, -0.2) is 21.3 Å². The van der Waals surface area contributed by atoms with Crippen LogP contribution in [-0.2, 0) is 0 Å². The van der Waals surface area contributed by atoms with Crippen LogP contribution in [0.5, 0.6) is 17.2 Å². The van der Waals surface area contributed by atoms with Gasteiger partial charge in [0.15, 0.2) is 22.5 Å². The zero-order valence-electron chi connectivity index (χ0n) is 14.5. The van der Waals surface area contributed by atoms with E-state index in [1.807, 2.05) is 0 Å². The van der Waals surface area contributed by atoms with Crippen LogP contribution in [0.25, 0.3) is 33.3 Å². The summed E-state index contributed by atoms with van der Waals surface area (Å²) in [6.45, 7) is 0. The maximum absolute atomic E-state index is 12.7. The van der Waals surface area contributed by atoms with Crippen molar-refractivity contribution < 1.29 is 23.0 Å². The van der Waals surface area contributed by atoms with Crippen LogP contribution in [0.4, 0.5) is 0 Å². The van der Waals surface area contributed by atoms with Crippen molar-refractivity contribution in [1.82, 2.24) is 0 Å². The summed E-state index contributed by atoms with van der Waals surface area (Å²) in [7, 11) is 4.67. The van der Waals surface area contributed by atoms with Crippen LogP contribution >= 0.6 is 0 Å². The lowest BCUT2D eigenvalue weighted by Gasteiger charge is -2.15. The normalized spacial score (nSPS) is 11.0. The first kappa shape index (κ1) is 16.1. The van der Waals surface area contributed by atoms with Crippen molar-refractivity contribution in [3.05, 3.63) is 52.9 Å². The van der Waals surface area contributed by atoms with Gasteiger partial charge in [-0.1, -0.05) is 0 Å². The van der Waals surface area contributed by atoms with Crippen LogP contribution in [0.2, 0.25) is 0 Å². The van der Waals surface area contributed by atoms with E-state index in [1.54, 1.807) is 51.7 Å². The Hall–Kier alpha value is -3.41. The van der Waals surface area contributed by atoms with E-state index in [9.17, 15) is 4.79 Å². The zero-order chi connectivity index (χ0) is 18.3. The summed E-state index contributed by atoms with van der Waals surface area (Å²) < 4.78 is 27.9. The van der Waals surface area contributed by atoms with E-state index in [0.717, 1.165) is 0 Å². The minimum Gasteiger partial charge on any atom is -0.496 e. The fraction of sp³-hybridized carbons (Fsp3) is 0.150. The topological polar surface area (TPSA) is 71.0 Å². The molecule has 0 fully saturated rings. The summed E-state index contributed by atoms with van der Waals surface area (Å²) in [5.41, 5.74) is 0.179. The first-order valence-corrected chi connectivity index (χ1v) is 7.91. The average Bonchev–Trinajstić information content (AvgIpc) is 3.21. The Morgan fingerprint density at radius 2 is 1.50 bits per heavy atom. The Kier molecular flexibility index (Phi) is 3.80. The van der Waals surface area contributed by atoms with Crippen molar-refractivity contribution in [3.63, 3.8) is 0 Å². The standard InChI is InChI=1S/C20H16O6/c1-22-14-6-7-15(23-2)19-18(14)17(24-3)9-11-12(21)10-16(26-20(11)19)13-5-4-8-25-13/h4-10H,1-3H3. The molecule has 2 aromatic carbocycles. The Labute approximate surface area is 148 Å².